The van der Waals surface area contributed by atoms with E-state index < -0.39 is 11.8 Å². The van der Waals surface area contributed by atoms with E-state index in [1.165, 1.54) is 6.21 Å². The molecule has 10 heteroatoms. The van der Waals surface area contributed by atoms with E-state index in [9.17, 15) is 9.59 Å². The second kappa shape index (κ2) is 13.1. The van der Waals surface area contributed by atoms with Crippen molar-refractivity contribution in [3.63, 3.8) is 0 Å². The molecule has 35 heavy (non-hydrogen) atoms. The van der Waals surface area contributed by atoms with Crippen LogP contribution in [0, 0.1) is 0 Å². The average molecular weight is 579 g/mol. The smallest absolute Gasteiger partial charge is 0.249 e. The van der Waals surface area contributed by atoms with Gasteiger partial charge in [0.15, 0.2) is 11.5 Å². The fourth-order valence-electron chi connectivity index (χ4n) is 2.91. The molecule has 2 N–H and O–H groups in total. The zero-order valence-electron chi connectivity index (χ0n) is 18.7. The van der Waals surface area contributed by atoms with E-state index in [0.29, 0.717) is 39.4 Å². The van der Waals surface area contributed by atoms with Crippen LogP contribution in [0.5, 0.6) is 11.5 Å². The summed E-state index contributed by atoms with van der Waals surface area (Å²) < 4.78 is 12.3. The zero-order valence-corrected chi connectivity index (χ0v) is 21.8. The van der Waals surface area contributed by atoms with Gasteiger partial charge in [-0.1, -0.05) is 41.4 Å². The molecular weight excluding hydrogens is 557 g/mol. The number of carbonyl (C=O) groups is 2. The van der Waals surface area contributed by atoms with E-state index >= 15 is 0 Å². The van der Waals surface area contributed by atoms with Gasteiger partial charge in [0.1, 0.15) is 13.0 Å². The first kappa shape index (κ1) is 26.5. The van der Waals surface area contributed by atoms with Crippen LogP contribution in [-0.4, -0.2) is 24.6 Å². The van der Waals surface area contributed by atoms with Gasteiger partial charge in [-0.25, -0.2) is 5.43 Å². The topological polar surface area (TPSA) is 89.0 Å². The average Bonchev–Trinajstić information content (AvgIpc) is 2.81. The molecule has 7 nitrogen and oxygen atoms in total. The molecule has 0 spiro atoms. The first-order valence-corrected chi connectivity index (χ1v) is 12.1. The summed E-state index contributed by atoms with van der Waals surface area (Å²) in [6.07, 6.45) is 1.08. The van der Waals surface area contributed by atoms with Crippen LogP contribution in [0.15, 0.2) is 70.2 Å². The van der Waals surface area contributed by atoms with E-state index in [-0.39, 0.29) is 13.0 Å². The molecule has 0 fully saturated rings. The van der Waals surface area contributed by atoms with Gasteiger partial charge in [0.05, 0.1) is 18.5 Å². The molecule has 0 aliphatic heterocycles. The lowest BCUT2D eigenvalue weighted by molar-refractivity contribution is -0.126. The highest BCUT2D eigenvalue weighted by Crippen LogP contribution is 2.30. The van der Waals surface area contributed by atoms with Crippen molar-refractivity contribution in [3.05, 3.63) is 86.3 Å². The monoisotopic (exact) mass is 577 g/mol. The zero-order chi connectivity index (χ0) is 25.2. The molecule has 0 aromatic heterocycles. The molecule has 2 amide bonds. The van der Waals surface area contributed by atoms with Crippen molar-refractivity contribution in [3.8, 4) is 11.5 Å². The molecule has 0 saturated heterocycles. The van der Waals surface area contributed by atoms with Gasteiger partial charge in [-0.05, 0) is 70.9 Å². The van der Waals surface area contributed by atoms with Crippen LogP contribution < -0.4 is 20.2 Å². The molecular formula is C25H22BrCl2N3O4. The van der Waals surface area contributed by atoms with E-state index in [2.05, 4.69) is 31.8 Å². The van der Waals surface area contributed by atoms with Crippen molar-refractivity contribution in [2.45, 2.75) is 20.0 Å². The van der Waals surface area contributed by atoms with Gasteiger partial charge in [-0.3, -0.25) is 9.59 Å². The third-order valence-electron chi connectivity index (χ3n) is 4.54. The summed E-state index contributed by atoms with van der Waals surface area (Å²) in [6.45, 7) is 2.53. The van der Waals surface area contributed by atoms with Crippen LogP contribution in [0.4, 0.5) is 5.69 Å². The fraction of sp³-hybridized carbons (Fsp3) is 0.160. The minimum atomic E-state index is -0.546. The molecule has 0 aliphatic rings. The normalized spacial score (nSPS) is 10.7. The molecule has 3 rings (SSSR count). The minimum Gasteiger partial charge on any atom is -0.490 e. The standard InChI is InChI=1S/C25H22BrCl2N3O4/c1-2-34-23-11-16(7-10-22(23)35-15-17-8-9-18(27)12-20(17)28)14-29-31-25(33)13-24(32)30-21-6-4-3-5-19(21)26/h3-12,14H,2,13,15H2,1H3,(H,30,32)(H,31,33). The summed E-state index contributed by atoms with van der Waals surface area (Å²) in [7, 11) is 0. The Morgan fingerprint density at radius 1 is 1.00 bits per heavy atom. The molecule has 0 heterocycles. The number of rotatable bonds is 10. The summed E-state index contributed by atoms with van der Waals surface area (Å²) in [6, 6.07) is 17.6. The maximum Gasteiger partial charge on any atom is 0.249 e. The number of anilines is 1. The van der Waals surface area contributed by atoms with E-state index in [4.69, 9.17) is 32.7 Å². The third kappa shape index (κ3) is 8.28. The summed E-state index contributed by atoms with van der Waals surface area (Å²) in [4.78, 5) is 24.1. The molecule has 0 radical (unpaired) electrons. The molecule has 0 aliphatic carbocycles. The number of hydrogen-bond acceptors (Lipinski definition) is 5. The number of benzene rings is 3. The Bertz CT molecular complexity index is 1240. The van der Waals surface area contributed by atoms with Crippen LogP contribution in [0.2, 0.25) is 10.0 Å². The highest BCUT2D eigenvalue weighted by molar-refractivity contribution is 9.10. The van der Waals surface area contributed by atoms with Crippen molar-refractivity contribution in [2.24, 2.45) is 5.10 Å². The van der Waals surface area contributed by atoms with Crippen LogP contribution in [-0.2, 0) is 16.2 Å². The highest BCUT2D eigenvalue weighted by atomic mass is 79.9. The van der Waals surface area contributed by atoms with Crippen molar-refractivity contribution >= 4 is 62.8 Å². The lowest BCUT2D eigenvalue weighted by Gasteiger charge is -2.13. The fourth-order valence-corrected chi connectivity index (χ4v) is 3.75. The van der Waals surface area contributed by atoms with Crippen molar-refractivity contribution in [1.82, 2.24) is 5.43 Å². The molecule has 0 unspecified atom stereocenters. The number of ether oxygens (including phenoxy) is 2. The maximum absolute atomic E-state index is 12.1. The van der Waals surface area contributed by atoms with Gasteiger partial charge in [0.2, 0.25) is 11.8 Å². The largest absolute Gasteiger partial charge is 0.490 e. The van der Waals surface area contributed by atoms with Crippen LogP contribution in [0.3, 0.4) is 0 Å². The molecule has 0 atom stereocenters. The number of carbonyl (C=O) groups excluding carboxylic acids is 2. The van der Waals surface area contributed by atoms with E-state index in [1.54, 1.807) is 54.6 Å². The first-order chi connectivity index (χ1) is 16.9. The van der Waals surface area contributed by atoms with Crippen LogP contribution in [0.1, 0.15) is 24.5 Å². The number of amides is 2. The Kier molecular flexibility index (Phi) is 9.96. The Morgan fingerprint density at radius 2 is 1.80 bits per heavy atom. The van der Waals surface area contributed by atoms with Gasteiger partial charge in [0.25, 0.3) is 0 Å². The highest BCUT2D eigenvalue weighted by Gasteiger charge is 2.11. The number of nitrogens with one attached hydrogen (secondary N) is 2. The van der Waals surface area contributed by atoms with Gasteiger partial charge in [0, 0.05) is 20.1 Å². The second-order valence-corrected chi connectivity index (χ2v) is 8.86. The van der Waals surface area contributed by atoms with Crippen molar-refractivity contribution < 1.29 is 19.1 Å². The van der Waals surface area contributed by atoms with E-state index in [0.717, 1.165) is 10.0 Å². The van der Waals surface area contributed by atoms with Crippen molar-refractivity contribution in [2.75, 3.05) is 11.9 Å². The third-order valence-corrected chi connectivity index (χ3v) is 5.82. The lowest BCUT2D eigenvalue weighted by atomic mass is 10.2. The van der Waals surface area contributed by atoms with Gasteiger partial charge in [-0.2, -0.15) is 5.10 Å². The van der Waals surface area contributed by atoms with E-state index in [1.807, 2.05) is 13.0 Å². The first-order valence-electron chi connectivity index (χ1n) is 10.6. The Hall–Kier alpha value is -3.07. The second-order valence-electron chi connectivity index (χ2n) is 7.16. The molecule has 3 aromatic rings. The van der Waals surface area contributed by atoms with Crippen LogP contribution >= 0.6 is 39.1 Å². The van der Waals surface area contributed by atoms with Gasteiger partial charge < -0.3 is 14.8 Å². The Morgan fingerprint density at radius 3 is 2.54 bits per heavy atom. The predicted octanol–water partition coefficient (Wildman–Crippen LogP) is 6.21. The number of para-hydroxylation sites is 1. The van der Waals surface area contributed by atoms with Crippen molar-refractivity contribution in [1.29, 1.82) is 0 Å². The molecule has 0 saturated carbocycles. The summed E-state index contributed by atoms with van der Waals surface area (Å²) in [5.74, 6) is 0.0460. The number of halogens is 3. The molecule has 3 aromatic carbocycles. The summed E-state index contributed by atoms with van der Waals surface area (Å²) in [5.41, 5.74) is 4.39. The Labute approximate surface area is 221 Å². The van der Waals surface area contributed by atoms with Gasteiger partial charge >= 0.3 is 0 Å². The molecule has 182 valence electrons. The van der Waals surface area contributed by atoms with Crippen LogP contribution in [0.25, 0.3) is 0 Å². The summed E-state index contributed by atoms with van der Waals surface area (Å²) in [5, 5.41) is 7.65. The lowest BCUT2D eigenvalue weighted by Crippen LogP contribution is -2.24. The predicted molar refractivity (Wildman–Crippen MR) is 142 cm³/mol. The minimum absolute atomic E-state index is 0.237. The maximum atomic E-state index is 12.1. The quantitative estimate of drug-likeness (QED) is 0.170. The Balaban J connectivity index is 1.56. The number of nitrogens with zero attached hydrogens (tertiary/aromatic N) is 1. The number of hydrazone groups is 1. The molecule has 0 bridgehead atoms. The van der Waals surface area contributed by atoms with Gasteiger partial charge in [-0.15, -0.1) is 0 Å². The summed E-state index contributed by atoms with van der Waals surface area (Å²) >= 11 is 15.5. The number of hydrogen-bond donors (Lipinski definition) is 2. The SMILES string of the molecule is CCOc1cc(C=NNC(=O)CC(=O)Nc2ccccc2Br)ccc1OCc1ccc(Cl)cc1Cl.